The van der Waals surface area contributed by atoms with E-state index in [1.807, 2.05) is 39.0 Å². The first kappa shape index (κ1) is 21.4. The molecule has 5 nitrogen and oxygen atoms in total. The van der Waals surface area contributed by atoms with Crippen LogP contribution in [0.2, 0.25) is 5.02 Å². The molecule has 0 aliphatic heterocycles. The molecule has 0 radical (unpaired) electrons. The smallest absolute Gasteiger partial charge is 0.259 e. The quantitative estimate of drug-likeness (QED) is 0.522. The summed E-state index contributed by atoms with van der Waals surface area (Å²) in [6.45, 7) is 6.24. The van der Waals surface area contributed by atoms with E-state index in [4.69, 9.17) is 16.3 Å². The minimum Gasteiger partial charge on any atom is -0.493 e. The number of rotatable bonds is 6. The number of ether oxygens (including phenoxy) is 1. The zero-order valence-electron chi connectivity index (χ0n) is 17.1. The number of aryl methyl sites for hydroxylation is 2. The Kier molecular flexibility index (Phi) is 6.75. The summed E-state index contributed by atoms with van der Waals surface area (Å²) in [4.78, 5) is 25.5. The van der Waals surface area contributed by atoms with E-state index >= 15 is 0 Å². The van der Waals surface area contributed by atoms with Crippen molar-refractivity contribution in [2.75, 3.05) is 17.2 Å². The lowest BCUT2D eigenvalue weighted by Gasteiger charge is -2.13. The normalized spacial score (nSPS) is 10.4. The standard InChI is InChI=1S/C24H23ClN2O3/c1-4-30-22-8-6-5-7-19(22)24(29)27-21-14-17(9-10-20(21)25)23(28)26-18-12-15(2)11-16(3)13-18/h5-14H,4H2,1-3H3,(H,26,28)(H,27,29). The second kappa shape index (κ2) is 9.46. The Morgan fingerprint density at radius 1 is 0.900 bits per heavy atom. The lowest BCUT2D eigenvalue weighted by molar-refractivity contribution is 0.101. The van der Waals surface area contributed by atoms with E-state index in [9.17, 15) is 9.59 Å². The summed E-state index contributed by atoms with van der Waals surface area (Å²) >= 11 is 6.26. The Hall–Kier alpha value is -3.31. The molecular formula is C24H23ClN2O3. The molecule has 0 heterocycles. The molecule has 0 bridgehead atoms. The number of benzene rings is 3. The fourth-order valence-electron chi connectivity index (χ4n) is 3.14. The third-order valence-corrected chi connectivity index (χ3v) is 4.72. The topological polar surface area (TPSA) is 67.4 Å². The lowest BCUT2D eigenvalue weighted by Crippen LogP contribution is -2.16. The summed E-state index contributed by atoms with van der Waals surface area (Å²) in [5.74, 6) is -0.174. The van der Waals surface area contributed by atoms with Gasteiger partial charge in [0.05, 0.1) is 22.9 Å². The third kappa shape index (κ3) is 5.19. The fourth-order valence-corrected chi connectivity index (χ4v) is 3.30. The number of para-hydroxylation sites is 1. The van der Waals surface area contributed by atoms with Crippen LogP contribution in [0.15, 0.2) is 60.7 Å². The van der Waals surface area contributed by atoms with Crippen molar-refractivity contribution in [1.29, 1.82) is 0 Å². The van der Waals surface area contributed by atoms with Gasteiger partial charge in [-0.05, 0) is 74.4 Å². The van der Waals surface area contributed by atoms with Crippen molar-refractivity contribution in [3.8, 4) is 5.75 Å². The number of hydrogen-bond donors (Lipinski definition) is 2. The minimum absolute atomic E-state index is 0.290. The molecule has 6 heteroatoms. The first-order chi connectivity index (χ1) is 14.4. The molecule has 0 saturated heterocycles. The maximum absolute atomic E-state index is 12.8. The highest BCUT2D eigenvalue weighted by Crippen LogP contribution is 2.26. The number of carbonyl (C=O) groups is 2. The van der Waals surface area contributed by atoms with E-state index in [2.05, 4.69) is 10.6 Å². The monoisotopic (exact) mass is 422 g/mol. The van der Waals surface area contributed by atoms with Gasteiger partial charge >= 0.3 is 0 Å². The van der Waals surface area contributed by atoms with Gasteiger partial charge in [0.15, 0.2) is 0 Å². The summed E-state index contributed by atoms with van der Waals surface area (Å²) in [6, 6.07) is 17.5. The van der Waals surface area contributed by atoms with Crippen molar-refractivity contribution in [2.45, 2.75) is 20.8 Å². The number of carbonyl (C=O) groups excluding carboxylic acids is 2. The summed E-state index contributed by atoms with van der Waals surface area (Å²) in [5.41, 5.74) is 3.95. The van der Waals surface area contributed by atoms with Crippen molar-refractivity contribution in [3.63, 3.8) is 0 Å². The van der Waals surface area contributed by atoms with Crippen molar-refractivity contribution in [3.05, 3.63) is 87.9 Å². The predicted octanol–water partition coefficient (Wildman–Crippen LogP) is 5.86. The highest BCUT2D eigenvalue weighted by atomic mass is 35.5. The van der Waals surface area contributed by atoms with Crippen molar-refractivity contribution in [2.24, 2.45) is 0 Å². The van der Waals surface area contributed by atoms with Gasteiger partial charge in [-0.1, -0.05) is 29.8 Å². The molecule has 2 amide bonds. The molecule has 0 spiro atoms. The predicted molar refractivity (Wildman–Crippen MR) is 121 cm³/mol. The maximum Gasteiger partial charge on any atom is 0.259 e. The van der Waals surface area contributed by atoms with Crippen LogP contribution in [0.25, 0.3) is 0 Å². The number of halogens is 1. The molecule has 3 rings (SSSR count). The van der Waals surface area contributed by atoms with Gasteiger partial charge in [0.1, 0.15) is 5.75 Å². The molecule has 0 saturated carbocycles. The zero-order valence-corrected chi connectivity index (χ0v) is 17.8. The van der Waals surface area contributed by atoms with Gasteiger partial charge in [0, 0.05) is 11.3 Å². The van der Waals surface area contributed by atoms with Crippen molar-refractivity contribution < 1.29 is 14.3 Å². The molecular weight excluding hydrogens is 400 g/mol. The SMILES string of the molecule is CCOc1ccccc1C(=O)Nc1cc(C(=O)Nc2cc(C)cc(C)c2)ccc1Cl. The third-order valence-electron chi connectivity index (χ3n) is 4.39. The molecule has 30 heavy (non-hydrogen) atoms. The molecule has 0 atom stereocenters. The second-order valence-electron chi connectivity index (χ2n) is 6.91. The minimum atomic E-state index is -0.368. The largest absolute Gasteiger partial charge is 0.493 e. The number of anilines is 2. The van der Waals surface area contributed by atoms with Crippen molar-refractivity contribution >= 4 is 34.8 Å². The number of hydrogen-bond acceptors (Lipinski definition) is 3. The van der Waals surface area contributed by atoms with Gasteiger partial charge in [0.25, 0.3) is 11.8 Å². The van der Waals surface area contributed by atoms with Crippen LogP contribution in [0.4, 0.5) is 11.4 Å². The Morgan fingerprint density at radius 3 is 2.30 bits per heavy atom. The first-order valence-electron chi connectivity index (χ1n) is 9.59. The Labute approximate surface area is 181 Å². The maximum atomic E-state index is 12.8. The highest BCUT2D eigenvalue weighted by molar-refractivity contribution is 6.34. The van der Waals surface area contributed by atoms with E-state index < -0.39 is 0 Å². The van der Waals surface area contributed by atoms with Crippen LogP contribution < -0.4 is 15.4 Å². The molecule has 3 aromatic carbocycles. The van der Waals surface area contributed by atoms with Gasteiger partial charge < -0.3 is 15.4 Å². The van der Waals surface area contributed by atoms with Gasteiger partial charge in [0.2, 0.25) is 0 Å². The molecule has 2 N–H and O–H groups in total. The number of nitrogens with one attached hydrogen (secondary N) is 2. The highest BCUT2D eigenvalue weighted by Gasteiger charge is 2.15. The summed E-state index contributed by atoms with van der Waals surface area (Å²) in [5, 5.41) is 5.99. The van der Waals surface area contributed by atoms with Crippen LogP contribution in [0.3, 0.4) is 0 Å². The van der Waals surface area contributed by atoms with E-state index in [0.717, 1.165) is 11.1 Å². The first-order valence-corrected chi connectivity index (χ1v) is 9.97. The van der Waals surface area contributed by atoms with Crippen molar-refractivity contribution in [1.82, 2.24) is 0 Å². The molecule has 154 valence electrons. The van der Waals surface area contributed by atoms with E-state index in [-0.39, 0.29) is 11.8 Å². The van der Waals surface area contributed by atoms with Gasteiger partial charge in [-0.2, -0.15) is 0 Å². The molecule has 3 aromatic rings. The van der Waals surface area contributed by atoms with Crippen LogP contribution in [0.1, 0.15) is 38.8 Å². The molecule has 0 aliphatic carbocycles. The summed E-state index contributed by atoms with van der Waals surface area (Å²) < 4.78 is 5.52. The van der Waals surface area contributed by atoms with E-state index in [1.54, 1.807) is 42.5 Å². The Morgan fingerprint density at radius 2 is 1.60 bits per heavy atom. The van der Waals surface area contributed by atoms with E-state index in [1.165, 1.54) is 0 Å². The van der Waals surface area contributed by atoms with Crippen LogP contribution in [0.5, 0.6) is 5.75 Å². The molecule has 0 fully saturated rings. The van der Waals surface area contributed by atoms with Crippen LogP contribution in [-0.4, -0.2) is 18.4 Å². The lowest BCUT2D eigenvalue weighted by atomic mass is 10.1. The van der Waals surface area contributed by atoms with Gasteiger partial charge in [-0.15, -0.1) is 0 Å². The summed E-state index contributed by atoms with van der Waals surface area (Å²) in [7, 11) is 0. The van der Waals surface area contributed by atoms with Crippen LogP contribution >= 0.6 is 11.6 Å². The number of amides is 2. The average Bonchev–Trinajstić information content (AvgIpc) is 2.69. The average molecular weight is 423 g/mol. The molecule has 0 unspecified atom stereocenters. The molecule has 0 aliphatic rings. The second-order valence-corrected chi connectivity index (χ2v) is 7.32. The van der Waals surface area contributed by atoms with Crippen LogP contribution in [0, 0.1) is 13.8 Å². The summed E-state index contributed by atoms with van der Waals surface area (Å²) in [6.07, 6.45) is 0. The van der Waals surface area contributed by atoms with E-state index in [0.29, 0.717) is 39.9 Å². The fraction of sp³-hybridized carbons (Fsp3) is 0.167. The van der Waals surface area contributed by atoms with Crippen LogP contribution in [-0.2, 0) is 0 Å². The van der Waals surface area contributed by atoms with Gasteiger partial charge in [-0.3, -0.25) is 9.59 Å². The van der Waals surface area contributed by atoms with Gasteiger partial charge in [-0.25, -0.2) is 0 Å². The molecule has 0 aromatic heterocycles. The Balaban J connectivity index is 1.81. The Bertz CT molecular complexity index is 1080. The zero-order chi connectivity index (χ0) is 21.7.